The van der Waals surface area contributed by atoms with Crippen LogP contribution in [0.2, 0.25) is 0 Å². The number of hydrogen-bond donors (Lipinski definition) is 3. The molecule has 0 aromatic carbocycles. The first-order valence-electron chi connectivity index (χ1n) is 3.48. The van der Waals surface area contributed by atoms with E-state index in [0.29, 0.717) is 10.7 Å². The van der Waals surface area contributed by atoms with Gasteiger partial charge in [-0.3, -0.25) is 0 Å². The van der Waals surface area contributed by atoms with E-state index in [9.17, 15) is 0 Å². The highest BCUT2D eigenvalue weighted by Crippen LogP contribution is 2.20. The Morgan fingerprint density at radius 3 is 2.90 bits per heavy atom. The van der Waals surface area contributed by atoms with Crippen LogP contribution in [0.4, 0.5) is 0 Å². The summed E-state index contributed by atoms with van der Waals surface area (Å²) in [6.45, 7) is 1.08. The maximum Gasteiger partial charge on any atom is 0.0550 e. The summed E-state index contributed by atoms with van der Waals surface area (Å²) in [6.07, 6.45) is 0.915. The van der Waals surface area contributed by atoms with Crippen molar-refractivity contribution in [3.8, 4) is 0 Å². The number of halogens is 1. The maximum atomic E-state index is 8.87. The molecule has 3 unspecified atom stereocenters. The van der Waals surface area contributed by atoms with Crippen LogP contribution in [-0.2, 0) is 0 Å². The van der Waals surface area contributed by atoms with Gasteiger partial charge in [-0.25, -0.2) is 0 Å². The van der Waals surface area contributed by atoms with Crippen molar-refractivity contribution in [3.05, 3.63) is 0 Å². The summed E-state index contributed by atoms with van der Waals surface area (Å²) in [5.41, 5.74) is 5.62. The number of nitrogens with two attached hydrogens (primary N) is 1. The molecule has 0 bridgehead atoms. The standard InChI is InChI=1S/C6H13BrN2O/c7-5-2-9-6(8)1-4(5)3-10/h4-6,9-10H,1-3,8H2. The summed E-state index contributed by atoms with van der Waals surface area (Å²) in [5, 5.41) is 12.0. The lowest BCUT2D eigenvalue weighted by Gasteiger charge is -2.30. The van der Waals surface area contributed by atoms with E-state index < -0.39 is 0 Å². The number of nitrogens with one attached hydrogen (secondary N) is 1. The maximum absolute atomic E-state index is 8.87. The number of rotatable bonds is 1. The fourth-order valence-electron chi connectivity index (χ4n) is 1.18. The van der Waals surface area contributed by atoms with Gasteiger partial charge in [-0.2, -0.15) is 0 Å². The van der Waals surface area contributed by atoms with Crippen LogP contribution in [0.25, 0.3) is 0 Å². The molecule has 1 heterocycles. The summed E-state index contributed by atoms with van der Waals surface area (Å²) in [4.78, 5) is 0.372. The van der Waals surface area contributed by atoms with Crippen molar-refractivity contribution in [1.29, 1.82) is 0 Å². The summed E-state index contributed by atoms with van der Waals surface area (Å²) >= 11 is 3.46. The SMILES string of the molecule is NC1CC(CO)C(Br)CN1. The van der Waals surface area contributed by atoms with Crippen molar-refractivity contribution >= 4 is 15.9 Å². The number of hydrogen-bond acceptors (Lipinski definition) is 3. The van der Waals surface area contributed by atoms with Gasteiger partial charge in [0, 0.05) is 18.0 Å². The molecule has 10 heavy (non-hydrogen) atoms. The average Bonchev–Trinajstić information content (AvgIpc) is 1.94. The van der Waals surface area contributed by atoms with E-state index >= 15 is 0 Å². The Labute approximate surface area is 69.1 Å². The second-order valence-corrected chi connectivity index (χ2v) is 3.89. The first-order valence-corrected chi connectivity index (χ1v) is 4.39. The molecule has 1 aliphatic rings. The molecule has 0 aliphatic carbocycles. The molecule has 3 nitrogen and oxygen atoms in total. The minimum atomic E-state index is 0.0611. The molecule has 0 amide bonds. The van der Waals surface area contributed by atoms with Crippen molar-refractivity contribution in [2.24, 2.45) is 11.7 Å². The largest absolute Gasteiger partial charge is 0.396 e. The van der Waals surface area contributed by atoms with Gasteiger partial charge in [0.2, 0.25) is 0 Å². The van der Waals surface area contributed by atoms with E-state index in [4.69, 9.17) is 10.8 Å². The summed E-state index contributed by atoms with van der Waals surface area (Å²) in [6, 6.07) is 0. The van der Waals surface area contributed by atoms with Crippen LogP contribution >= 0.6 is 15.9 Å². The fourth-order valence-corrected chi connectivity index (χ4v) is 1.75. The lowest BCUT2D eigenvalue weighted by molar-refractivity contribution is 0.184. The van der Waals surface area contributed by atoms with Crippen molar-refractivity contribution in [1.82, 2.24) is 5.32 Å². The molecular weight excluding hydrogens is 196 g/mol. The van der Waals surface area contributed by atoms with E-state index in [1.165, 1.54) is 0 Å². The molecule has 0 saturated carbocycles. The molecule has 0 aromatic heterocycles. The Hall–Kier alpha value is 0.360. The van der Waals surface area contributed by atoms with Crippen LogP contribution < -0.4 is 11.1 Å². The van der Waals surface area contributed by atoms with Crippen LogP contribution in [0, 0.1) is 5.92 Å². The molecule has 4 heteroatoms. The van der Waals surface area contributed by atoms with Crippen LogP contribution in [0.3, 0.4) is 0 Å². The summed E-state index contributed by atoms with van der Waals surface area (Å²) in [5.74, 6) is 0.316. The molecular formula is C6H13BrN2O. The zero-order valence-electron chi connectivity index (χ0n) is 5.76. The Morgan fingerprint density at radius 1 is 1.70 bits per heavy atom. The van der Waals surface area contributed by atoms with E-state index in [0.717, 1.165) is 13.0 Å². The zero-order chi connectivity index (χ0) is 7.56. The Balaban J connectivity index is 2.38. The van der Waals surface area contributed by atoms with E-state index in [2.05, 4.69) is 21.2 Å². The highest BCUT2D eigenvalue weighted by molar-refractivity contribution is 9.09. The van der Waals surface area contributed by atoms with Crippen molar-refractivity contribution in [2.75, 3.05) is 13.2 Å². The van der Waals surface area contributed by atoms with Gasteiger partial charge in [-0.1, -0.05) is 15.9 Å². The van der Waals surface area contributed by atoms with E-state index in [-0.39, 0.29) is 12.8 Å². The average molecular weight is 209 g/mol. The van der Waals surface area contributed by atoms with Gasteiger partial charge < -0.3 is 16.2 Å². The van der Waals surface area contributed by atoms with Crippen LogP contribution in [0.1, 0.15) is 6.42 Å². The molecule has 1 aliphatic heterocycles. The number of alkyl halides is 1. The van der Waals surface area contributed by atoms with Gasteiger partial charge in [-0.15, -0.1) is 0 Å². The summed E-state index contributed by atoms with van der Waals surface area (Å²) in [7, 11) is 0. The first-order chi connectivity index (χ1) is 4.74. The molecule has 0 spiro atoms. The third-order valence-electron chi connectivity index (χ3n) is 1.88. The highest BCUT2D eigenvalue weighted by Gasteiger charge is 2.25. The number of piperidine rings is 1. The Kier molecular flexibility index (Phi) is 3.10. The van der Waals surface area contributed by atoms with Crippen LogP contribution in [0.15, 0.2) is 0 Å². The lowest BCUT2D eigenvalue weighted by Crippen LogP contribution is -2.50. The topological polar surface area (TPSA) is 58.3 Å². The van der Waals surface area contributed by atoms with E-state index in [1.807, 2.05) is 0 Å². The van der Waals surface area contributed by atoms with Gasteiger partial charge in [0.05, 0.1) is 6.17 Å². The van der Waals surface area contributed by atoms with Crippen LogP contribution in [0.5, 0.6) is 0 Å². The summed E-state index contributed by atoms with van der Waals surface area (Å²) < 4.78 is 0. The van der Waals surface area contributed by atoms with Crippen molar-refractivity contribution in [3.63, 3.8) is 0 Å². The number of aliphatic hydroxyl groups is 1. The minimum Gasteiger partial charge on any atom is -0.396 e. The normalized spacial score (nSPS) is 41.7. The molecule has 4 N–H and O–H groups in total. The fraction of sp³-hybridized carbons (Fsp3) is 1.00. The van der Waals surface area contributed by atoms with Crippen molar-refractivity contribution in [2.45, 2.75) is 17.4 Å². The molecule has 0 aromatic rings. The third-order valence-corrected chi connectivity index (χ3v) is 2.95. The molecule has 1 fully saturated rings. The Bertz CT molecular complexity index is 112. The van der Waals surface area contributed by atoms with Gasteiger partial charge in [0.25, 0.3) is 0 Å². The van der Waals surface area contributed by atoms with Crippen LogP contribution in [-0.4, -0.2) is 29.3 Å². The second kappa shape index (κ2) is 3.67. The minimum absolute atomic E-state index is 0.0611. The third kappa shape index (κ3) is 1.92. The molecule has 1 saturated heterocycles. The van der Waals surface area contributed by atoms with Gasteiger partial charge in [0.1, 0.15) is 0 Å². The lowest BCUT2D eigenvalue weighted by atomic mass is 9.97. The Morgan fingerprint density at radius 2 is 2.40 bits per heavy atom. The quantitative estimate of drug-likeness (QED) is 0.517. The highest BCUT2D eigenvalue weighted by atomic mass is 79.9. The first kappa shape index (κ1) is 8.46. The van der Waals surface area contributed by atoms with E-state index in [1.54, 1.807) is 0 Å². The van der Waals surface area contributed by atoms with Gasteiger partial charge >= 0.3 is 0 Å². The monoisotopic (exact) mass is 208 g/mol. The van der Waals surface area contributed by atoms with Crippen molar-refractivity contribution < 1.29 is 5.11 Å². The molecule has 1 rings (SSSR count). The predicted octanol–water partition coefficient (Wildman–Crippen LogP) is -0.364. The molecule has 60 valence electrons. The predicted molar refractivity (Wildman–Crippen MR) is 43.9 cm³/mol. The second-order valence-electron chi connectivity index (χ2n) is 2.71. The molecule has 0 radical (unpaired) electrons. The number of aliphatic hydroxyl groups excluding tert-OH is 1. The zero-order valence-corrected chi connectivity index (χ0v) is 7.34. The van der Waals surface area contributed by atoms with Gasteiger partial charge in [-0.05, 0) is 12.3 Å². The van der Waals surface area contributed by atoms with Gasteiger partial charge in [0.15, 0.2) is 0 Å². The smallest absolute Gasteiger partial charge is 0.0550 e. The molecule has 3 atom stereocenters.